The molecule has 6 heteroatoms. The quantitative estimate of drug-likeness (QED) is 0.357. The molecular weight excluding hydrogens is 166 g/mol. The first-order valence-corrected chi connectivity index (χ1v) is 3.40. The molecule has 0 aromatic rings. The van der Waals surface area contributed by atoms with Crippen LogP contribution in [0.15, 0.2) is 0 Å². The van der Waals surface area contributed by atoms with Gasteiger partial charge in [0.15, 0.2) is 0 Å². The maximum atomic E-state index is 10.7. The monoisotopic (exact) mass is 175 g/mol. The highest BCUT2D eigenvalue weighted by atomic mass is 16.4. The summed E-state index contributed by atoms with van der Waals surface area (Å²) < 4.78 is 0. The van der Waals surface area contributed by atoms with E-state index >= 15 is 0 Å². The topological polar surface area (TPSA) is 98.1 Å². The first-order valence-electron chi connectivity index (χ1n) is 3.40. The molecule has 0 radical (unpaired) electrons. The molecule has 1 amide bonds. The van der Waals surface area contributed by atoms with Crippen molar-refractivity contribution in [3.05, 3.63) is 0 Å². The maximum Gasteiger partial charge on any atom is 0.394 e. The number of aliphatic hydroxyl groups is 2. The number of rotatable bonds is 0. The fourth-order valence-electron chi connectivity index (χ4n) is 1.07. The lowest BCUT2D eigenvalue weighted by atomic mass is 10.3. The number of carbonyl (C=O) groups excluding carboxylic acids is 1. The Morgan fingerprint density at radius 1 is 1.17 bits per heavy atom. The van der Waals surface area contributed by atoms with Crippen LogP contribution in [0.1, 0.15) is 0 Å². The highest BCUT2D eigenvalue weighted by Crippen LogP contribution is 2.09. The average Bonchev–Trinajstić information content (AvgIpc) is 2.30. The number of likely N-dealkylation sites (tertiary alicyclic amines) is 1. The molecule has 1 saturated heterocycles. The van der Waals surface area contributed by atoms with Crippen molar-refractivity contribution in [2.24, 2.45) is 0 Å². The Balaban J connectivity index is 2.57. The summed E-state index contributed by atoms with van der Waals surface area (Å²) in [5, 5.41) is 26.2. The fraction of sp³-hybridized carbons (Fsp3) is 0.667. The van der Waals surface area contributed by atoms with Gasteiger partial charge < -0.3 is 20.2 Å². The van der Waals surface area contributed by atoms with Crippen molar-refractivity contribution in [1.29, 1.82) is 0 Å². The van der Waals surface area contributed by atoms with Gasteiger partial charge in [-0.25, -0.2) is 4.79 Å². The van der Waals surface area contributed by atoms with Crippen molar-refractivity contribution in [1.82, 2.24) is 4.90 Å². The molecule has 0 spiro atoms. The zero-order valence-corrected chi connectivity index (χ0v) is 6.17. The molecule has 0 aromatic carbocycles. The Morgan fingerprint density at radius 3 is 1.92 bits per heavy atom. The molecule has 68 valence electrons. The first-order chi connectivity index (χ1) is 5.52. The van der Waals surface area contributed by atoms with Gasteiger partial charge in [-0.05, 0) is 0 Å². The van der Waals surface area contributed by atoms with Crippen molar-refractivity contribution in [2.45, 2.75) is 12.2 Å². The van der Waals surface area contributed by atoms with Crippen LogP contribution in [0.5, 0.6) is 0 Å². The molecule has 0 saturated carbocycles. The number of aliphatic carboxylic acids is 1. The van der Waals surface area contributed by atoms with E-state index in [1.807, 2.05) is 0 Å². The molecule has 0 aromatic heterocycles. The predicted octanol–water partition coefficient (Wildman–Crippen LogP) is -2.36. The molecule has 3 N–H and O–H groups in total. The Hall–Kier alpha value is -1.14. The second kappa shape index (κ2) is 3.08. The number of nitrogens with zero attached hydrogens (tertiary/aromatic N) is 1. The lowest BCUT2D eigenvalue weighted by molar-refractivity contribution is -0.155. The smallest absolute Gasteiger partial charge is 0.394 e. The summed E-state index contributed by atoms with van der Waals surface area (Å²) in [5.41, 5.74) is 0. The predicted molar refractivity (Wildman–Crippen MR) is 36.2 cm³/mol. The molecule has 2 atom stereocenters. The molecule has 12 heavy (non-hydrogen) atoms. The van der Waals surface area contributed by atoms with Gasteiger partial charge in [0, 0.05) is 13.1 Å². The Labute approximate surface area is 68.0 Å². The minimum absolute atomic E-state index is 0.119. The van der Waals surface area contributed by atoms with Crippen LogP contribution in [-0.2, 0) is 9.59 Å². The van der Waals surface area contributed by atoms with Gasteiger partial charge in [0.1, 0.15) is 0 Å². The summed E-state index contributed by atoms with van der Waals surface area (Å²) >= 11 is 0. The summed E-state index contributed by atoms with van der Waals surface area (Å²) in [6.45, 7) is -0.238. The Morgan fingerprint density at radius 2 is 1.58 bits per heavy atom. The molecule has 0 aliphatic carbocycles. The van der Waals surface area contributed by atoms with E-state index in [-0.39, 0.29) is 13.1 Å². The number of hydrogen-bond donors (Lipinski definition) is 3. The molecule has 6 nitrogen and oxygen atoms in total. The van der Waals surface area contributed by atoms with Crippen LogP contribution in [0.4, 0.5) is 0 Å². The number of carboxylic acid groups (broad SMARTS) is 1. The number of hydrogen-bond acceptors (Lipinski definition) is 4. The molecule has 0 bridgehead atoms. The van der Waals surface area contributed by atoms with E-state index in [1.165, 1.54) is 0 Å². The zero-order chi connectivity index (χ0) is 9.30. The molecule has 1 rings (SSSR count). The van der Waals surface area contributed by atoms with E-state index in [1.54, 1.807) is 0 Å². The summed E-state index contributed by atoms with van der Waals surface area (Å²) in [4.78, 5) is 21.8. The molecule has 1 heterocycles. The number of carbonyl (C=O) groups is 2. The average molecular weight is 175 g/mol. The van der Waals surface area contributed by atoms with Gasteiger partial charge in [0.05, 0.1) is 12.2 Å². The number of β-amino-alcohol motifs (C(OH)–C–C–N with tert-alkyl or cyclic N) is 2. The zero-order valence-electron chi connectivity index (χ0n) is 6.17. The third kappa shape index (κ3) is 1.54. The normalized spacial score (nSPS) is 29.0. The number of carboxylic acids is 1. The number of amides is 1. The van der Waals surface area contributed by atoms with Crippen LogP contribution in [0.2, 0.25) is 0 Å². The molecule has 1 fully saturated rings. The van der Waals surface area contributed by atoms with Crippen molar-refractivity contribution in [3.8, 4) is 0 Å². The van der Waals surface area contributed by atoms with Gasteiger partial charge in [-0.15, -0.1) is 0 Å². The molecular formula is C6H9NO5. The minimum Gasteiger partial charge on any atom is -0.474 e. The third-order valence-corrected chi connectivity index (χ3v) is 1.73. The fourth-order valence-corrected chi connectivity index (χ4v) is 1.07. The van der Waals surface area contributed by atoms with E-state index in [2.05, 4.69) is 0 Å². The van der Waals surface area contributed by atoms with Crippen molar-refractivity contribution >= 4 is 11.9 Å². The van der Waals surface area contributed by atoms with Crippen LogP contribution < -0.4 is 0 Å². The third-order valence-electron chi connectivity index (χ3n) is 1.73. The minimum atomic E-state index is -1.57. The van der Waals surface area contributed by atoms with Gasteiger partial charge in [0.2, 0.25) is 0 Å². The van der Waals surface area contributed by atoms with E-state index < -0.39 is 24.1 Å². The highest BCUT2D eigenvalue weighted by molar-refractivity contribution is 6.31. The van der Waals surface area contributed by atoms with Gasteiger partial charge in [-0.2, -0.15) is 0 Å². The van der Waals surface area contributed by atoms with Crippen LogP contribution in [0, 0.1) is 0 Å². The van der Waals surface area contributed by atoms with Gasteiger partial charge >= 0.3 is 11.9 Å². The lowest BCUT2D eigenvalue weighted by Gasteiger charge is -2.10. The van der Waals surface area contributed by atoms with Crippen LogP contribution >= 0.6 is 0 Å². The van der Waals surface area contributed by atoms with Crippen LogP contribution in [-0.4, -0.2) is 57.4 Å². The summed E-state index contributed by atoms with van der Waals surface area (Å²) in [5.74, 6) is -2.66. The summed E-state index contributed by atoms with van der Waals surface area (Å²) in [6.07, 6.45) is -2.07. The summed E-state index contributed by atoms with van der Waals surface area (Å²) in [7, 11) is 0. The largest absolute Gasteiger partial charge is 0.474 e. The van der Waals surface area contributed by atoms with E-state index in [9.17, 15) is 9.59 Å². The van der Waals surface area contributed by atoms with E-state index in [0.717, 1.165) is 4.90 Å². The molecule has 1 aliphatic heterocycles. The van der Waals surface area contributed by atoms with E-state index in [0.29, 0.717) is 0 Å². The van der Waals surface area contributed by atoms with Crippen LogP contribution in [0.25, 0.3) is 0 Å². The Kier molecular flexibility index (Phi) is 2.30. The second-order valence-corrected chi connectivity index (χ2v) is 2.65. The van der Waals surface area contributed by atoms with Crippen LogP contribution in [0.3, 0.4) is 0 Å². The highest BCUT2D eigenvalue weighted by Gasteiger charge is 2.34. The van der Waals surface area contributed by atoms with Gasteiger partial charge in [-0.3, -0.25) is 4.79 Å². The SMILES string of the molecule is O=C(O)C(=O)N1C[C@@H](O)[C@@H](O)C1. The van der Waals surface area contributed by atoms with E-state index in [4.69, 9.17) is 15.3 Å². The van der Waals surface area contributed by atoms with Crippen molar-refractivity contribution in [3.63, 3.8) is 0 Å². The lowest BCUT2D eigenvalue weighted by Crippen LogP contribution is -2.35. The molecule has 1 aliphatic rings. The maximum absolute atomic E-state index is 10.7. The summed E-state index contributed by atoms with van der Waals surface area (Å²) in [6, 6.07) is 0. The second-order valence-electron chi connectivity index (χ2n) is 2.65. The first kappa shape index (κ1) is 8.95. The van der Waals surface area contributed by atoms with Gasteiger partial charge in [0.25, 0.3) is 0 Å². The Bertz CT molecular complexity index is 206. The number of aliphatic hydroxyl groups excluding tert-OH is 2. The van der Waals surface area contributed by atoms with Gasteiger partial charge in [-0.1, -0.05) is 0 Å². The molecule has 0 unspecified atom stereocenters. The standard InChI is InChI=1S/C6H9NO5/c8-3-1-7(2-4(3)9)5(10)6(11)12/h3-4,8-9H,1-2H2,(H,11,12)/t3-,4+. The van der Waals surface area contributed by atoms with Crippen molar-refractivity contribution < 1.29 is 24.9 Å². The van der Waals surface area contributed by atoms with Crippen molar-refractivity contribution in [2.75, 3.05) is 13.1 Å².